The molecule has 0 radical (unpaired) electrons. The Hall–Kier alpha value is -2.44. The van der Waals surface area contributed by atoms with Gasteiger partial charge in [0, 0.05) is 44.0 Å². The number of carbonyl (C=O) groups is 1. The third-order valence-electron chi connectivity index (χ3n) is 4.01. The first kappa shape index (κ1) is 14.5. The van der Waals surface area contributed by atoms with Crippen molar-refractivity contribution in [2.45, 2.75) is 25.7 Å². The first-order valence-electron chi connectivity index (χ1n) is 7.39. The number of nitrogens with one attached hydrogen (secondary N) is 1. The fourth-order valence-corrected chi connectivity index (χ4v) is 2.87. The number of aromatic nitrogens is 4. The van der Waals surface area contributed by atoms with Crippen LogP contribution in [0.25, 0.3) is 0 Å². The number of aryl methyl sites for hydroxylation is 2. The summed E-state index contributed by atoms with van der Waals surface area (Å²) >= 11 is 0. The number of rotatable bonds is 2. The number of amides is 1. The number of nitrogens with zero attached hydrogens (tertiary/aromatic N) is 4. The zero-order chi connectivity index (χ0) is 15.7. The fraction of sp³-hybridized carbons (Fsp3) is 0.467. The average Bonchev–Trinajstić information content (AvgIpc) is 2.92. The van der Waals surface area contributed by atoms with Crippen molar-refractivity contribution in [2.24, 2.45) is 7.05 Å². The van der Waals surface area contributed by atoms with E-state index in [-0.39, 0.29) is 17.4 Å². The highest BCUT2D eigenvalue weighted by Crippen LogP contribution is 2.25. The summed E-state index contributed by atoms with van der Waals surface area (Å²) < 4.78 is 1.63. The maximum Gasteiger partial charge on any atom is 0.257 e. The standard InChI is InChI=1S/C15H19N5O2/c1-10-7-13(21)18-14(17-10)11-3-5-20(6-4-11)15(22)12-8-16-19(2)9-12/h7-9,11H,3-6H2,1-2H3,(H,17,18,21). The molecule has 1 fully saturated rings. The third kappa shape index (κ3) is 2.93. The van der Waals surface area contributed by atoms with Crippen molar-refractivity contribution in [1.82, 2.24) is 24.6 Å². The van der Waals surface area contributed by atoms with Gasteiger partial charge in [-0.05, 0) is 19.8 Å². The van der Waals surface area contributed by atoms with Crippen LogP contribution in [0.1, 0.15) is 40.6 Å². The van der Waals surface area contributed by atoms with Gasteiger partial charge in [-0.2, -0.15) is 5.10 Å². The first-order chi connectivity index (χ1) is 10.5. The summed E-state index contributed by atoms with van der Waals surface area (Å²) in [4.78, 5) is 33.0. The number of carbonyl (C=O) groups excluding carboxylic acids is 1. The lowest BCUT2D eigenvalue weighted by Gasteiger charge is -2.31. The van der Waals surface area contributed by atoms with E-state index in [4.69, 9.17) is 0 Å². The van der Waals surface area contributed by atoms with Gasteiger partial charge in [-0.15, -0.1) is 0 Å². The monoisotopic (exact) mass is 301 g/mol. The van der Waals surface area contributed by atoms with Gasteiger partial charge >= 0.3 is 0 Å². The van der Waals surface area contributed by atoms with Crippen molar-refractivity contribution in [3.63, 3.8) is 0 Å². The molecule has 0 bridgehead atoms. The molecular formula is C15H19N5O2. The Kier molecular flexibility index (Phi) is 3.79. The van der Waals surface area contributed by atoms with Crippen molar-refractivity contribution in [1.29, 1.82) is 0 Å². The van der Waals surface area contributed by atoms with Gasteiger partial charge in [0.1, 0.15) is 5.82 Å². The van der Waals surface area contributed by atoms with E-state index in [1.54, 1.807) is 24.1 Å². The molecule has 7 heteroatoms. The predicted octanol–water partition coefficient (Wildman–Crippen LogP) is 0.832. The normalized spacial score (nSPS) is 16.0. The summed E-state index contributed by atoms with van der Waals surface area (Å²) in [5.41, 5.74) is 1.23. The quantitative estimate of drug-likeness (QED) is 0.890. The number of hydrogen-bond acceptors (Lipinski definition) is 4. The van der Waals surface area contributed by atoms with E-state index in [1.165, 1.54) is 6.07 Å². The lowest BCUT2D eigenvalue weighted by Crippen LogP contribution is -2.38. The van der Waals surface area contributed by atoms with Crippen molar-refractivity contribution in [3.8, 4) is 0 Å². The van der Waals surface area contributed by atoms with Crippen molar-refractivity contribution in [3.05, 3.63) is 45.9 Å². The molecule has 0 saturated carbocycles. The van der Waals surface area contributed by atoms with E-state index < -0.39 is 0 Å². The Balaban J connectivity index is 1.67. The molecule has 0 aromatic carbocycles. The number of likely N-dealkylation sites (tertiary alicyclic amines) is 1. The molecule has 2 aromatic rings. The van der Waals surface area contributed by atoms with Crippen LogP contribution in [0.5, 0.6) is 0 Å². The Morgan fingerprint density at radius 3 is 2.68 bits per heavy atom. The van der Waals surface area contributed by atoms with Gasteiger partial charge in [0.25, 0.3) is 11.5 Å². The highest BCUT2D eigenvalue weighted by molar-refractivity contribution is 5.93. The Morgan fingerprint density at radius 1 is 1.36 bits per heavy atom. The summed E-state index contributed by atoms with van der Waals surface area (Å²) in [7, 11) is 1.79. The van der Waals surface area contributed by atoms with E-state index >= 15 is 0 Å². The molecular weight excluding hydrogens is 282 g/mol. The Bertz CT molecular complexity index is 740. The number of H-pyrrole nitrogens is 1. The second kappa shape index (κ2) is 5.75. The van der Waals surface area contributed by atoms with E-state index in [9.17, 15) is 9.59 Å². The lowest BCUT2D eigenvalue weighted by atomic mass is 9.95. The van der Waals surface area contributed by atoms with Crippen LogP contribution in [-0.2, 0) is 7.05 Å². The second-order valence-corrected chi connectivity index (χ2v) is 5.74. The Morgan fingerprint density at radius 2 is 2.09 bits per heavy atom. The lowest BCUT2D eigenvalue weighted by molar-refractivity contribution is 0.0711. The van der Waals surface area contributed by atoms with Crippen LogP contribution in [0.4, 0.5) is 0 Å². The SMILES string of the molecule is Cc1cc(=O)[nH]c(C2CCN(C(=O)c3cnn(C)c3)CC2)n1. The Labute approximate surface area is 128 Å². The molecule has 0 atom stereocenters. The second-order valence-electron chi connectivity index (χ2n) is 5.74. The maximum atomic E-state index is 12.4. The highest BCUT2D eigenvalue weighted by Gasteiger charge is 2.26. The topological polar surface area (TPSA) is 83.9 Å². The molecule has 1 aliphatic rings. The highest BCUT2D eigenvalue weighted by atomic mass is 16.2. The smallest absolute Gasteiger partial charge is 0.257 e. The van der Waals surface area contributed by atoms with E-state index in [2.05, 4.69) is 15.1 Å². The predicted molar refractivity (Wildman–Crippen MR) is 80.7 cm³/mol. The first-order valence-corrected chi connectivity index (χ1v) is 7.39. The largest absolute Gasteiger partial charge is 0.339 e. The van der Waals surface area contributed by atoms with Gasteiger partial charge in [0.15, 0.2) is 0 Å². The van der Waals surface area contributed by atoms with Gasteiger partial charge in [-0.1, -0.05) is 0 Å². The molecule has 1 N–H and O–H groups in total. The van der Waals surface area contributed by atoms with E-state index in [1.807, 2.05) is 11.8 Å². The van der Waals surface area contributed by atoms with Crippen LogP contribution in [0.15, 0.2) is 23.3 Å². The van der Waals surface area contributed by atoms with Crippen molar-refractivity contribution < 1.29 is 4.79 Å². The van der Waals surface area contributed by atoms with E-state index in [0.29, 0.717) is 18.7 Å². The van der Waals surface area contributed by atoms with Gasteiger partial charge in [0.2, 0.25) is 0 Å². The molecule has 0 spiro atoms. The fourth-order valence-electron chi connectivity index (χ4n) is 2.87. The minimum Gasteiger partial charge on any atom is -0.339 e. The maximum absolute atomic E-state index is 12.4. The molecule has 3 rings (SSSR count). The third-order valence-corrected chi connectivity index (χ3v) is 4.01. The van der Waals surface area contributed by atoms with Crippen LogP contribution in [0.2, 0.25) is 0 Å². The van der Waals surface area contributed by atoms with Gasteiger partial charge in [0.05, 0.1) is 11.8 Å². The van der Waals surface area contributed by atoms with Crippen LogP contribution in [0, 0.1) is 6.92 Å². The molecule has 7 nitrogen and oxygen atoms in total. The summed E-state index contributed by atoms with van der Waals surface area (Å²) in [6, 6.07) is 1.49. The van der Waals surface area contributed by atoms with Crippen molar-refractivity contribution in [2.75, 3.05) is 13.1 Å². The van der Waals surface area contributed by atoms with Crippen LogP contribution in [0.3, 0.4) is 0 Å². The van der Waals surface area contributed by atoms with E-state index in [0.717, 1.165) is 24.4 Å². The van der Waals surface area contributed by atoms with Crippen LogP contribution >= 0.6 is 0 Å². The zero-order valence-corrected chi connectivity index (χ0v) is 12.7. The number of piperidine rings is 1. The molecule has 2 aromatic heterocycles. The molecule has 0 unspecified atom stereocenters. The number of hydrogen-bond donors (Lipinski definition) is 1. The molecule has 1 saturated heterocycles. The number of aromatic amines is 1. The summed E-state index contributed by atoms with van der Waals surface area (Å²) in [5, 5.41) is 4.03. The van der Waals surface area contributed by atoms with Gasteiger partial charge in [-0.3, -0.25) is 14.3 Å². The minimum absolute atomic E-state index is 0.0113. The van der Waals surface area contributed by atoms with Gasteiger partial charge < -0.3 is 9.88 Å². The minimum atomic E-state index is -0.114. The summed E-state index contributed by atoms with van der Waals surface area (Å²) in [6.07, 6.45) is 4.93. The molecule has 3 heterocycles. The van der Waals surface area contributed by atoms with Crippen LogP contribution < -0.4 is 5.56 Å². The molecule has 1 aliphatic heterocycles. The van der Waals surface area contributed by atoms with Gasteiger partial charge in [-0.25, -0.2) is 4.98 Å². The molecule has 116 valence electrons. The molecule has 1 amide bonds. The van der Waals surface area contributed by atoms with Crippen LogP contribution in [-0.4, -0.2) is 43.6 Å². The van der Waals surface area contributed by atoms with Crippen molar-refractivity contribution >= 4 is 5.91 Å². The summed E-state index contributed by atoms with van der Waals surface area (Å²) in [6.45, 7) is 3.14. The molecule has 0 aliphatic carbocycles. The average molecular weight is 301 g/mol. The zero-order valence-electron chi connectivity index (χ0n) is 12.7. The summed E-state index contributed by atoms with van der Waals surface area (Å²) in [5.74, 6) is 0.946. The molecule has 22 heavy (non-hydrogen) atoms.